The van der Waals surface area contributed by atoms with Gasteiger partial charge in [-0.1, -0.05) is 12.1 Å². The number of rotatable bonds is 3. The molecular formula is C14H10F2N2. The molecule has 0 bridgehead atoms. The maximum absolute atomic E-state index is 13.1. The Balaban J connectivity index is 2.20. The third kappa shape index (κ3) is 2.83. The molecule has 0 spiro atoms. The first-order chi connectivity index (χ1) is 8.69. The number of nitriles is 1. The molecule has 18 heavy (non-hydrogen) atoms. The Morgan fingerprint density at radius 2 is 1.72 bits per heavy atom. The molecule has 2 rings (SSSR count). The highest BCUT2D eigenvalue weighted by molar-refractivity contribution is 5.47. The summed E-state index contributed by atoms with van der Waals surface area (Å²) in [5, 5.41) is 12.0. The van der Waals surface area contributed by atoms with Crippen LogP contribution in [0.25, 0.3) is 0 Å². The lowest BCUT2D eigenvalue weighted by molar-refractivity contribution is 0.625. The second kappa shape index (κ2) is 5.28. The van der Waals surface area contributed by atoms with Crippen LogP contribution in [0.15, 0.2) is 48.5 Å². The van der Waals surface area contributed by atoms with Gasteiger partial charge in [-0.15, -0.1) is 0 Å². The van der Waals surface area contributed by atoms with Gasteiger partial charge in [-0.25, -0.2) is 8.78 Å². The number of hydrogen-bond acceptors (Lipinski definition) is 2. The van der Waals surface area contributed by atoms with Gasteiger partial charge in [-0.05, 0) is 42.0 Å². The normalized spacial score (nSPS) is 11.6. The highest BCUT2D eigenvalue weighted by Gasteiger charge is 2.10. The lowest BCUT2D eigenvalue weighted by Gasteiger charge is -2.13. The van der Waals surface area contributed by atoms with Crippen molar-refractivity contribution in [3.8, 4) is 6.07 Å². The lowest BCUT2D eigenvalue weighted by atomic mass is 10.1. The Labute approximate surface area is 103 Å². The standard InChI is InChI=1S/C14H10F2N2/c15-11-4-6-13(7-5-11)18-14(9-17)10-2-1-3-12(16)8-10/h1-8,14,18H. The van der Waals surface area contributed by atoms with E-state index in [9.17, 15) is 8.78 Å². The van der Waals surface area contributed by atoms with Crippen LogP contribution < -0.4 is 5.32 Å². The van der Waals surface area contributed by atoms with E-state index in [2.05, 4.69) is 5.32 Å². The third-order valence-electron chi connectivity index (χ3n) is 2.47. The monoisotopic (exact) mass is 244 g/mol. The molecule has 1 N–H and O–H groups in total. The van der Waals surface area contributed by atoms with Gasteiger partial charge in [0.1, 0.15) is 17.7 Å². The Bertz CT molecular complexity index is 573. The van der Waals surface area contributed by atoms with E-state index >= 15 is 0 Å². The summed E-state index contributed by atoms with van der Waals surface area (Å²) in [6, 6.07) is 12.8. The van der Waals surface area contributed by atoms with Crippen molar-refractivity contribution in [2.45, 2.75) is 6.04 Å². The summed E-state index contributed by atoms with van der Waals surface area (Å²) in [6.07, 6.45) is 0. The molecule has 1 atom stereocenters. The van der Waals surface area contributed by atoms with Crippen LogP contribution >= 0.6 is 0 Å². The smallest absolute Gasteiger partial charge is 0.140 e. The number of nitrogens with one attached hydrogen (secondary N) is 1. The average molecular weight is 244 g/mol. The zero-order valence-electron chi connectivity index (χ0n) is 9.40. The molecule has 2 aromatic carbocycles. The zero-order chi connectivity index (χ0) is 13.0. The van der Waals surface area contributed by atoms with E-state index in [1.807, 2.05) is 6.07 Å². The maximum Gasteiger partial charge on any atom is 0.140 e. The second-order valence-electron chi connectivity index (χ2n) is 3.77. The van der Waals surface area contributed by atoms with Crippen LogP contribution in [0.4, 0.5) is 14.5 Å². The van der Waals surface area contributed by atoms with Gasteiger partial charge >= 0.3 is 0 Å². The lowest BCUT2D eigenvalue weighted by Crippen LogP contribution is -2.08. The van der Waals surface area contributed by atoms with Gasteiger partial charge in [0.2, 0.25) is 0 Å². The van der Waals surface area contributed by atoms with Crippen LogP contribution in [-0.4, -0.2) is 0 Å². The first-order valence-corrected chi connectivity index (χ1v) is 5.36. The van der Waals surface area contributed by atoms with E-state index in [0.29, 0.717) is 11.3 Å². The molecule has 2 aromatic rings. The van der Waals surface area contributed by atoms with Crippen LogP contribution in [0.2, 0.25) is 0 Å². The Morgan fingerprint density at radius 1 is 1.00 bits per heavy atom. The van der Waals surface area contributed by atoms with Crippen molar-refractivity contribution in [3.63, 3.8) is 0 Å². The van der Waals surface area contributed by atoms with E-state index in [1.54, 1.807) is 12.1 Å². The zero-order valence-corrected chi connectivity index (χ0v) is 9.40. The number of anilines is 1. The van der Waals surface area contributed by atoms with Gasteiger partial charge in [0.05, 0.1) is 6.07 Å². The molecule has 2 nitrogen and oxygen atoms in total. The Hall–Kier alpha value is -2.41. The van der Waals surface area contributed by atoms with Crippen LogP contribution in [-0.2, 0) is 0 Å². The van der Waals surface area contributed by atoms with Gasteiger partial charge < -0.3 is 5.32 Å². The molecule has 90 valence electrons. The molecule has 0 saturated carbocycles. The largest absolute Gasteiger partial charge is 0.366 e. The summed E-state index contributed by atoms with van der Waals surface area (Å²) in [6.45, 7) is 0. The van der Waals surface area contributed by atoms with Crippen molar-refractivity contribution in [2.75, 3.05) is 5.32 Å². The molecule has 0 aliphatic heterocycles. The van der Waals surface area contributed by atoms with Gasteiger partial charge in [-0.2, -0.15) is 5.26 Å². The maximum atomic E-state index is 13.1. The van der Waals surface area contributed by atoms with E-state index in [-0.39, 0.29) is 5.82 Å². The molecular weight excluding hydrogens is 234 g/mol. The summed E-state index contributed by atoms with van der Waals surface area (Å²) in [5.41, 5.74) is 1.13. The van der Waals surface area contributed by atoms with E-state index in [4.69, 9.17) is 5.26 Å². The van der Waals surface area contributed by atoms with Crippen molar-refractivity contribution >= 4 is 5.69 Å². The molecule has 0 aliphatic rings. The molecule has 1 unspecified atom stereocenters. The molecule has 0 fully saturated rings. The quantitative estimate of drug-likeness (QED) is 0.894. The minimum Gasteiger partial charge on any atom is -0.366 e. The fourth-order valence-corrected chi connectivity index (χ4v) is 1.59. The highest BCUT2D eigenvalue weighted by atomic mass is 19.1. The van der Waals surface area contributed by atoms with E-state index in [1.165, 1.54) is 36.4 Å². The molecule has 0 aliphatic carbocycles. The Kier molecular flexibility index (Phi) is 3.54. The van der Waals surface area contributed by atoms with Crippen molar-refractivity contribution in [1.82, 2.24) is 0 Å². The average Bonchev–Trinajstić information content (AvgIpc) is 2.38. The molecule has 0 aromatic heterocycles. The second-order valence-corrected chi connectivity index (χ2v) is 3.77. The number of nitrogens with zero attached hydrogens (tertiary/aromatic N) is 1. The summed E-state index contributed by atoms with van der Waals surface area (Å²) in [7, 11) is 0. The number of benzene rings is 2. The first kappa shape index (κ1) is 12.1. The van der Waals surface area contributed by atoms with Gasteiger partial charge in [0, 0.05) is 5.69 Å². The highest BCUT2D eigenvalue weighted by Crippen LogP contribution is 2.19. The fraction of sp³-hybridized carbons (Fsp3) is 0.0714. The van der Waals surface area contributed by atoms with E-state index in [0.717, 1.165) is 0 Å². The van der Waals surface area contributed by atoms with Crippen molar-refractivity contribution in [1.29, 1.82) is 5.26 Å². The van der Waals surface area contributed by atoms with Gasteiger partial charge in [-0.3, -0.25) is 0 Å². The summed E-state index contributed by atoms with van der Waals surface area (Å²) >= 11 is 0. The van der Waals surface area contributed by atoms with Crippen molar-refractivity contribution < 1.29 is 8.78 Å². The van der Waals surface area contributed by atoms with Gasteiger partial charge in [0.15, 0.2) is 0 Å². The molecule has 0 heterocycles. The van der Waals surface area contributed by atoms with Crippen LogP contribution in [0, 0.1) is 23.0 Å². The third-order valence-corrected chi connectivity index (χ3v) is 2.47. The molecule has 0 saturated heterocycles. The molecule has 0 radical (unpaired) electrons. The summed E-state index contributed by atoms with van der Waals surface area (Å²) in [4.78, 5) is 0. The fourth-order valence-electron chi connectivity index (χ4n) is 1.59. The van der Waals surface area contributed by atoms with Crippen LogP contribution in [0.1, 0.15) is 11.6 Å². The van der Waals surface area contributed by atoms with E-state index < -0.39 is 11.9 Å². The minimum absolute atomic E-state index is 0.347. The number of hydrogen-bond donors (Lipinski definition) is 1. The topological polar surface area (TPSA) is 35.8 Å². The summed E-state index contributed by atoms with van der Waals surface area (Å²) in [5.74, 6) is -0.742. The van der Waals surface area contributed by atoms with Gasteiger partial charge in [0.25, 0.3) is 0 Å². The van der Waals surface area contributed by atoms with Crippen molar-refractivity contribution in [3.05, 3.63) is 65.7 Å². The predicted molar refractivity (Wildman–Crippen MR) is 64.8 cm³/mol. The molecule has 4 heteroatoms. The Morgan fingerprint density at radius 3 is 2.33 bits per heavy atom. The SMILES string of the molecule is N#CC(Nc1ccc(F)cc1)c1cccc(F)c1. The van der Waals surface area contributed by atoms with Crippen molar-refractivity contribution in [2.24, 2.45) is 0 Å². The summed E-state index contributed by atoms with van der Waals surface area (Å²) < 4.78 is 25.8. The molecule has 0 amide bonds. The predicted octanol–water partition coefficient (Wildman–Crippen LogP) is 3.64. The minimum atomic E-state index is -0.675. The first-order valence-electron chi connectivity index (χ1n) is 5.36. The van der Waals surface area contributed by atoms with Crippen LogP contribution in [0.3, 0.4) is 0 Å². The number of halogens is 2. The van der Waals surface area contributed by atoms with Crippen LogP contribution in [0.5, 0.6) is 0 Å².